The summed E-state index contributed by atoms with van der Waals surface area (Å²) in [6.45, 7) is 3.69. The third-order valence-electron chi connectivity index (χ3n) is 5.16. The number of aliphatic imine (C=N–C) groups is 1. The number of aryl methyl sites for hydroxylation is 1. The maximum absolute atomic E-state index is 13.7. The molecule has 9 heteroatoms. The van der Waals surface area contributed by atoms with Crippen molar-refractivity contribution in [1.82, 2.24) is 19.8 Å². The van der Waals surface area contributed by atoms with Gasteiger partial charge < -0.3 is 19.9 Å². The quantitative estimate of drug-likeness (QED) is 0.589. The number of hydrogen-bond acceptors (Lipinski definition) is 3. The summed E-state index contributed by atoms with van der Waals surface area (Å²) in [6.07, 6.45) is -2.00. The number of benzene rings is 1. The molecule has 1 aliphatic heterocycles. The number of nitrogens with one attached hydrogen (secondary N) is 1. The number of imidazole rings is 1. The van der Waals surface area contributed by atoms with Crippen LogP contribution in [0.3, 0.4) is 0 Å². The molecule has 2 heterocycles. The fourth-order valence-electron chi connectivity index (χ4n) is 3.57. The maximum atomic E-state index is 13.7. The van der Waals surface area contributed by atoms with Crippen LogP contribution in [0, 0.1) is 0 Å². The van der Waals surface area contributed by atoms with Crippen LogP contribution in [0.5, 0.6) is 0 Å². The molecule has 6 nitrogen and oxygen atoms in total. The number of guanidine groups is 1. The van der Waals surface area contributed by atoms with Crippen LogP contribution >= 0.6 is 0 Å². The first-order valence-corrected chi connectivity index (χ1v) is 9.63. The van der Waals surface area contributed by atoms with Crippen LogP contribution in [-0.4, -0.2) is 51.3 Å². The molecule has 0 aliphatic carbocycles. The van der Waals surface area contributed by atoms with E-state index in [4.69, 9.17) is 0 Å². The topological polar surface area (TPSA) is 65.7 Å². The van der Waals surface area contributed by atoms with Crippen molar-refractivity contribution in [3.63, 3.8) is 0 Å². The minimum absolute atomic E-state index is 0.191. The van der Waals surface area contributed by atoms with Crippen molar-refractivity contribution in [2.75, 3.05) is 19.6 Å². The van der Waals surface area contributed by atoms with Crippen LogP contribution in [0.4, 0.5) is 13.2 Å². The smallest absolute Gasteiger partial charge is 0.374 e. The number of nitrogens with zero attached hydrogens (tertiary/aromatic N) is 4. The number of hydrogen-bond donors (Lipinski definition) is 2. The van der Waals surface area contributed by atoms with Gasteiger partial charge >= 0.3 is 6.18 Å². The Morgan fingerprint density at radius 1 is 1.28 bits per heavy atom. The minimum atomic E-state index is -4.86. The number of halogens is 3. The van der Waals surface area contributed by atoms with Gasteiger partial charge in [-0.3, -0.25) is 4.99 Å². The van der Waals surface area contributed by atoms with Crippen LogP contribution in [0.25, 0.3) is 0 Å². The van der Waals surface area contributed by atoms with E-state index in [2.05, 4.69) is 27.4 Å². The van der Waals surface area contributed by atoms with Gasteiger partial charge in [-0.15, -0.1) is 0 Å². The molecule has 1 atom stereocenters. The zero-order chi connectivity index (χ0) is 21.1. The summed E-state index contributed by atoms with van der Waals surface area (Å²) in [5.41, 5.74) is -0.592. The number of aliphatic hydroxyl groups is 1. The number of fused-ring (bicyclic) bond motifs is 1. The summed E-state index contributed by atoms with van der Waals surface area (Å²) >= 11 is 0. The second-order valence-electron chi connectivity index (χ2n) is 7.15. The monoisotopic (exact) mass is 409 g/mol. The Hall–Kier alpha value is -2.55. The molecule has 0 saturated heterocycles. The Balaban J connectivity index is 1.77. The van der Waals surface area contributed by atoms with E-state index >= 15 is 0 Å². The van der Waals surface area contributed by atoms with Crippen molar-refractivity contribution >= 4 is 5.96 Å². The lowest BCUT2D eigenvalue weighted by atomic mass is 9.98. The summed E-state index contributed by atoms with van der Waals surface area (Å²) in [5.74, 6) is 0.114. The zero-order valence-electron chi connectivity index (χ0n) is 16.6. The molecule has 1 aliphatic rings. The Kier molecular flexibility index (Phi) is 6.16. The first-order chi connectivity index (χ1) is 13.8. The van der Waals surface area contributed by atoms with Crippen molar-refractivity contribution in [2.24, 2.45) is 12.0 Å². The molecule has 0 bridgehead atoms. The van der Waals surface area contributed by atoms with Crippen LogP contribution in [0.15, 0.2) is 41.7 Å². The molecule has 29 heavy (non-hydrogen) atoms. The average molecular weight is 409 g/mol. The number of alkyl halides is 3. The highest BCUT2D eigenvalue weighted by atomic mass is 19.4. The summed E-state index contributed by atoms with van der Waals surface area (Å²) < 4.78 is 42.2. The highest BCUT2D eigenvalue weighted by Gasteiger charge is 2.57. The lowest BCUT2D eigenvalue weighted by molar-refractivity contribution is -0.272. The Labute approximate surface area is 168 Å². The molecule has 1 aromatic heterocycles. The van der Waals surface area contributed by atoms with E-state index in [-0.39, 0.29) is 6.54 Å². The first-order valence-electron chi connectivity index (χ1n) is 9.63. The predicted octanol–water partition coefficient (Wildman–Crippen LogP) is 2.58. The standard InChI is InChI=1S/C20H26F3N5O/c1-3-24-18(28-12-8-15-6-4-5-7-16(15)14-28)26-10-9-19(29,20(21,22)23)17-25-11-13-27(17)2/h4-7,11,13,29H,3,8-10,12,14H2,1-2H3,(H,24,26). The van der Waals surface area contributed by atoms with Gasteiger partial charge in [0.2, 0.25) is 5.60 Å². The van der Waals surface area contributed by atoms with E-state index in [1.165, 1.54) is 35.1 Å². The first kappa shape index (κ1) is 21.2. The van der Waals surface area contributed by atoms with E-state index in [9.17, 15) is 18.3 Å². The van der Waals surface area contributed by atoms with Gasteiger partial charge in [0.1, 0.15) is 5.82 Å². The van der Waals surface area contributed by atoms with Gasteiger partial charge in [0.05, 0.1) is 0 Å². The van der Waals surface area contributed by atoms with Crippen LogP contribution in [0.1, 0.15) is 30.3 Å². The van der Waals surface area contributed by atoms with Gasteiger partial charge in [0.25, 0.3) is 0 Å². The zero-order valence-corrected chi connectivity index (χ0v) is 16.6. The number of rotatable bonds is 5. The van der Waals surface area contributed by atoms with Crippen molar-refractivity contribution in [2.45, 2.75) is 38.1 Å². The number of aromatic nitrogens is 2. The third-order valence-corrected chi connectivity index (χ3v) is 5.16. The molecule has 2 N–H and O–H groups in total. The fraction of sp³-hybridized carbons (Fsp3) is 0.500. The van der Waals surface area contributed by atoms with Crippen molar-refractivity contribution in [3.05, 3.63) is 53.6 Å². The van der Waals surface area contributed by atoms with Crippen molar-refractivity contribution in [1.29, 1.82) is 0 Å². The van der Waals surface area contributed by atoms with Gasteiger partial charge in [-0.1, -0.05) is 24.3 Å². The minimum Gasteiger partial charge on any atom is -0.374 e. The summed E-state index contributed by atoms with van der Waals surface area (Å²) in [6, 6.07) is 8.12. The highest BCUT2D eigenvalue weighted by Crippen LogP contribution is 2.40. The van der Waals surface area contributed by atoms with Crippen LogP contribution in [-0.2, 0) is 25.6 Å². The normalized spacial score (nSPS) is 17.0. The molecule has 0 fully saturated rings. The molecular formula is C20H26F3N5O. The van der Waals surface area contributed by atoms with E-state index in [1.807, 2.05) is 24.0 Å². The summed E-state index contributed by atoms with van der Waals surface area (Å²) in [7, 11) is 1.43. The summed E-state index contributed by atoms with van der Waals surface area (Å²) in [5, 5.41) is 13.6. The second kappa shape index (κ2) is 8.44. The van der Waals surface area contributed by atoms with E-state index in [1.54, 1.807) is 0 Å². The van der Waals surface area contributed by atoms with Gasteiger partial charge in [-0.25, -0.2) is 4.98 Å². The van der Waals surface area contributed by atoms with Crippen LogP contribution < -0.4 is 5.32 Å². The SMILES string of the molecule is CCNC(=NCCC(O)(c1nccn1C)C(F)(F)F)N1CCc2ccccc2C1. The molecule has 2 aromatic rings. The fourth-order valence-corrected chi connectivity index (χ4v) is 3.57. The Morgan fingerprint density at radius 3 is 2.62 bits per heavy atom. The molecule has 3 rings (SSSR count). The molecule has 158 valence electrons. The second-order valence-corrected chi connectivity index (χ2v) is 7.15. The van der Waals surface area contributed by atoms with E-state index in [0.717, 1.165) is 13.0 Å². The van der Waals surface area contributed by atoms with Crippen molar-refractivity contribution < 1.29 is 18.3 Å². The lowest BCUT2D eigenvalue weighted by Crippen LogP contribution is -2.46. The van der Waals surface area contributed by atoms with E-state index in [0.29, 0.717) is 19.0 Å². The average Bonchev–Trinajstić information content (AvgIpc) is 3.12. The van der Waals surface area contributed by atoms with Gasteiger partial charge in [-0.2, -0.15) is 13.2 Å². The Bertz CT molecular complexity index is 864. The molecule has 1 unspecified atom stereocenters. The van der Waals surface area contributed by atoms with Crippen molar-refractivity contribution in [3.8, 4) is 0 Å². The van der Waals surface area contributed by atoms with Gasteiger partial charge in [0.15, 0.2) is 5.96 Å². The maximum Gasteiger partial charge on any atom is 0.424 e. The predicted molar refractivity (Wildman–Crippen MR) is 104 cm³/mol. The highest BCUT2D eigenvalue weighted by molar-refractivity contribution is 5.80. The third kappa shape index (κ3) is 4.39. The Morgan fingerprint density at radius 2 is 2.00 bits per heavy atom. The largest absolute Gasteiger partial charge is 0.424 e. The molecule has 0 amide bonds. The summed E-state index contributed by atoms with van der Waals surface area (Å²) in [4.78, 5) is 10.1. The lowest BCUT2D eigenvalue weighted by Gasteiger charge is -2.32. The van der Waals surface area contributed by atoms with E-state index < -0.39 is 24.0 Å². The molecule has 0 radical (unpaired) electrons. The molecule has 0 saturated carbocycles. The van der Waals surface area contributed by atoms with Crippen LogP contribution in [0.2, 0.25) is 0 Å². The molecule has 1 aromatic carbocycles. The van der Waals surface area contributed by atoms with Gasteiger partial charge in [-0.05, 0) is 24.5 Å². The molecule has 0 spiro atoms. The van der Waals surface area contributed by atoms with Gasteiger partial charge in [0, 0.05) is 52.0 Å². The molecular weight excluding hydrogens is 383 g/mol.